The maximum atomic E-state index is 14.4. The van der Waals surface area contributed by atoms with Gasteiger partial charge in [-0.1, -0.05) is 60.7 Å². The van der Waals surface area contributed by atoms with Crippen molar-refractivity contribution in [1.82, 2.24) is 41.5 Å². The molecule has 0 bridgehead atoms. The number of nitrogens with one attached hydrogen (secondary N) is 7. The molecule has 2 heterocycles. The standard InChI is InChI=1S/C46H57N11O9/c47-19-7-6-12-35(53-41(60)33(48)22-29-24-51-34-11-5-4-10-32(29)34)42(61)56-38(23-30-25-50-26-52-30)45(64)55-37(20-27-8-2-1-3-9-27)44(63)54-36(17-18-40(49)59)43(62)57-39(46(65)66)21-28-13-15-31(58)16-14-28/h1-5,8-11,13-16,24-26,33,35-39,51,58H,6-7,12,17-23,47-48H2,(H2,49,59)(H,50,52)(H,53,60)(H,54,63)(H,55,64)(H,56,61)(H,57,62)(H,65,66)/t33-,35-,36-,37-,38-,39-/m0/s1. The number of carbonyl (C=O) groups excluding carboxylic acids is 6. The van der Waals surface area contributed by atoms with Crippen LogP contribution in [-0.2, 0) is 59.2 Å². The fraction of sp³-hybridized carbons (Fsp3) is 0.348. The Labute approximate surface area is 380 Å². The molecule has 0 aliphatic rings. The van der Waals surface area contributed by atoms with Crippen LogP contribution in [0.1, 0.15) is 54.5 Å². The Morgan fingerprint density at radius 1 is 0.621 bits per heavy atom. The lowest BCUT2D eigenvalue weighted by Gasteiger charge is -2.27. The normalized spacial score (nSPS) is 13.8. The van der Waals surface area contributed by atoms with E-state index in [4.69, 9.17) is 17.2 Å². The molecule has 0 radical (unpaired) electrons. The number of H-pyrrole nitrogens is 2. The molecule has 0 saturated heterocycles. The Morgan fingerprint density at radius 3 is 1.82 bits per heavy atom. The van der Waals surface area contributed by atoms with E-state index >= 15 is 0 Å². The largest absolute Gasteiger partial charge is 0.508 e. The van der Waals surface area contributed by atoms with Gasteiger partial charge in [0.2, 0.25) is 35.4 Å². The molecule has 0 spiro atoms. The van der Waals surface area contributed by atoms with Crippen molar-refractivity contribution in [3.8, 4) is 5.75 Å². The number of aromatic hydroxyl groups is 1. The fourth-order valence-corrected chi connectivity index (χ4v) is 7.27. The zero-order valence-electron chi connectivity index (χ0n) is 36.2. The number of carbonyl (C=O) groups is 7. The van der Waals surface area contributed by atoms with Gasteiger partial charge in [0.15, 0.2) is 0 Å². The topological polar surface area (TPSA) is 343 Å². The number of phenolic OH excluding ortho intramolecular Hbond substituents is 1. The number of unbranched alkanes of at least 4 members (excludes halogenated alkanes) is 1. The van der Waals surface area contributed by atoms with E-state index < -0.39 is 77.7 Å². The number of rotatable bonds is 26. The van der Waals surface area contributed by atoms with Crippen LogP contribution in [0.3, 0.4) is 0 Å². The van der Waals surface area contributed by atoms with Crippen molar-refractivity contribution >= 4 is 52.3 Å². The van der Waals surface area contributed by atoms with E-state index in [1.165, 1.54) is 36.8 Å². The van der Waals surface area contributed by atoms with Gasteiger partial charge in [0.1, 0.15) is 36.0 Å². The van der Waals surface area contributed by atoms with Crippen molar-refractivity contribution in [1.29, 1.82) is 0 Å². The third-order valence-electron chi connectivity index (χ3n) is 10.9. The summed E-state index contributed by atoms with van der Waals surface area (Å²) in [5.74, 6) is -6.12. The first kappa shape index (κ1) is 49.4. The van der Waals surface area contributed by atoms with E-state index in [1.54, 1.807) is 36.5 Å². The molecule has 66 heavy (non-hydrogen) atoms. The van der Waals surface area contributed by atoms with Gasteiger partial charge in [-0.15, -0.1) is 0 Å². The van der Waals surface area contributed by atoms with Crippen LogP contribution in [-0.4, -0.2) is 109 Å². The number of nitrogens with zero attached hydrogens (tertiary/aromatic N) is 1. The number of benzene rings is 3. The molecule has 0 aliphatic carbocycles. The number of aromatic nitrogens is 3. The van der Waals surface area contributed by atoms with Gasteiger partial charge in [-0.25, -0.2) is 9.78 Å². The molecule has 20 heteroatoms. The van der Waals surface area contributed by atoms with Gasteiger partial charge in [-0.3, -0.25) is 28.8 Å². The Hall–Kier alpha value is -7.58. The number of amides is 6. The fourth-order valence-electron chi connectivity index (χ4n) is 7.27. The summed E-state index contributed by atoms with van der Waals surface area (Å²) in [5, 5.41) is 33.7. The van der Waals surface area contributed by atoms with E-state index in [0.717, 1.165) is 16.5 Å². The zero-order chi connectivity index (χ0) is 47.6. The van der Waals surface area contributed by atoms with Gasteiger partial charge < -0.3 is 64.0 Å². The monoisotopic (exact) mass is 907 g/mol. The maximum Gasteiger partial charge on any atom is 0.326 e. The number of para-hydroxylation sites is 1. The molecule has 0 saturated carbocycles. The lowest BCUT2D eigenvalue weighted by atomic mass is 10.0. The molecule has 5 aromatic rings. The summed E-state index contributed by atoms with van der Waals surface area (Å²) in [4.78, 5) is 104. The SMILES string of the molecule is NCCCC[C@H](NC(=O)[C@@H](N)Cc1c[nH]c2ccccc12)C(=O)N[C@@H](Cc1cnc[nH]1)C(=O)N[C@@H](Cc1ccccc1)C(=O)N[C@@H](CCC(N)=O)C(=O)N[C@@H](Cc1ccc(O)cc1)C(=O)O. The van der Waals surface area contributed by atoms with Crippen molar-refractivity contribution in [2.45, 2.75) is 94.0 Å². The van der Waals surface area contributed by atoms with Gasteiger partial charge in [0, 0.05) is 54.7 Å². The van der Waals surface area contributed by atoms with Gasteiger partial charge in [0.05, 0.1) is 12.4 Å². The second-order valence-corrected chi connectivity index (χ2v) is 15.9. The average molecular weight is 908 g/mol. The molecule has 350 valence electrons. The number of hydrogen-bond acceptors (Lipinski definition) is 11. The lowest BCUT2D eigenvalue weighted by Crippen LogP contribution is -2.60. The molecule has 20 nitrogen and oxygen atoms in total. The number of aromatic amines is 2. The Morgan fingerprint density at radius 2 is 1.18 bits per heavy atom. The van der Waals surface area contributed by atoms with Gasteiger partial charge >= 0.3 is 5.97 Å². The Bertz CT molecular complexity index is 2410. The van der Waals surface area contributed by atoms with E-state index in [-0.39, 0.29) is 50.7 Å². The minimum atomic E-state index is -1.48. The highest BCUT2D eigenvalue weighted by Crippen LogP contribution is 2.19. The second kappa shape index (κ2) is 24.5. The number of fused-ring (bicyclic) bond motifs is 1. The third kappa shape index (κ3) is 15.0. The van der Waals surface area contributed by atoms with Crippen LogP contribution in [0.25, 0.3) is 10.9 Å². The smallest absolute Gasteiger partial charge is 0.326 e. The summed E-state index contributed by atoms with van der Waals surface area (Å²) in [7, 11) is 0. The van der Waals surface area contributed by atoms with E-state index in [0.29, 0.717) is 36.2 Å². The van der Waals surface area contributed by atoms with Crippen LogP contribution in [0.4, 0.5) is 0 Å². The van der Waals surface area contributed by atoms with Crippen LogP contribution in [0.15, 0.2) is 97.6 Å². The number of nitrogens with two attached hydrogens (primary N) is 3. The molecule has 5 rings (SSSR count). The molecular weight excluding hydrogens is 851 g/mol. The summed E-state index contributed by atoms with van der Waals surface area (Å²) in [6.07, 6.45) is 4.89. The summed E-state index contributed by atoms with van der Waals surface area (Å²) < 4.78 is 0. The average Bonchev–Trinajstić information content (AvgIpc) is 3.97. The summed E-state index contributed by atoms with van der Waals surface area (Å²) in [5.41, 5.74) is 20.8. The predicted molar refractivity (Wildman–Crippen MR) is 243 cm³/mol. The van der Waals surface area contributed by atoms with Crippen molar-refractivity contribution < 1.29 is 43.8 Å². The minimum Gasteiger partial charge on any atom is -0.508 e. The highest BCUT2D eigenvalue weighted by atomic mass is 16.4. The summed E-state index contributed by atoms with van der Waals surface area (Å²) in [6, 6.07) is 14.1. The zero-order valence-corrected chi connectivity index (χ0v) is 36.2. The minimum absolute atomic E-state index is 0.0406. The van der Waals surface area contributed by atoms with Crippen molar-refractivity contribution in [3.05, 3.63) is 120 Å². The van der Waals surface area contributed by atoms with Crippen LogP contribution < -0.4 is 43.8 Å². The van der Waals surface area contributed by atoms with Crippen LogP contribution in [0.2, 0.25) is 0 Å². The van der Waals surface area contributed by atoms with E-state index in [9.17, 15) is 43.8 Å². The quantitative estimate of drug-likeness (QED) is 0.0329. The highest BCUT2D eigenvalue weighted by Gasteiger charge is 2.34. The second-order valence-electron chi connectivity index (χ2n) is 15.9. The third-order valence-corrected chi connectivity index (χ3v) is 10.9. The van der Waals surface area contributed by atoms with Crippen LogP contribution in [0, 0.1) is 0 Å². The number of phenols is 1. The molecule has 3 aromatic carbocycles. The number of carboxylic acids is 1. The number of aliphatic carboxylic acids is 1. The molecule has 2 aromatic heterocycles. The number of carboxylic acid groups (broad SMARTS) is 1. The van der Waals surface area contributed by atoms with E-state index in [1.807, 2.05) is 24.3 Å². The lowest BCUT2D eigenvalue weighted by molar-refractivity contribution is -0.142. The molecule has 0 unspecified atom stereocenters. The van der Waals surface area contributed by atoms with Crippen LogP contribution >= 0.6 is 0 Å². The first-order valence-electron chi connectivity index (χ1n) is 21.5. The molecule has 0 fully saturated rings. The number of hydrogen-bond donors (Lipinski definition) is 12. The molecule has 0 aliphatic heterocycles. The van der Waals surface area contributed by atoms with Crippen LogP contribution in [0.5, 0.6) is 5.75 Å². The summed E-state index contributed by atoms with van der Waals surface area (Å²) in [6.45, 7) is 0.336. The molecular formula is C46H57N11O9. The number of primary amides is 1. The van der Waals surface area contributed by atoms with Crippen molar-refractivity contribution in [2.24, 2.45) is 17.2 Å². The van der Waals surface area contributed by atoms with Gasteiger partial charge in [-0.05, 0) is 73.5 Å². The first-order chi connectivity index (χ1) is 31.7. The molecule has 6 amide bonds. The summed E-state index contributed by atoms with van der Waals surface area (Å²) >= 11 is 0. The first-order valence-corrected chi connectivity index (χ1v) is 21.5. The molecule has 6 atom stereocenters. The highest BCUT2D eigenvalue weighted by molar-refractivity contribution is 5.97. The van der Waals surface area contributed by atoms with Crippen molar-refractivity contribution in [3.63, 3.8) is 0 Å². The molecule has 15 N–H and O–H groups in total. The maximum absolute atomic E-state index is 14.4. The Kier molecular flexibility index (Phi) is 18.3. The van der Waals surface area contributed by atoms with Gasteiger partial charge in [-0.2, -0.15) is 0 Å². The predicted octanol–water partition coefficient (Wildman–Crippen LogP) is 0.0976. The van der Waals surface area contributed by atoms with E-state index in [2.05, 4.69) is 41.5 Å². The number of imidazole rings is 1. The van der Waals surface area contributed by atoms with Gasteiger partial charge in [0.25, 0.3) is 0 Å². The Balaban J connectivity index is 1.35. The van der Waals surface area contributed by atoms with Crippen molar-refractivity contribution in [2.75, 3.05) is 6.54 Å².